The zero-order valence-electron chi connectivity index (χ0n) is 13.3. The molecule has 0 nitrogen and oxygen atoms in total. The Balaban J connectivity index is -0.0000000956. The number of hydrogen-bond donors (Lipinski definition) is 0. The molecule has 2 rings (SSSR count). The Morgan fingerprint density at radius 2 is 1.15 bits per heavy atom. The maximum atomic E-state index is 3.19. The molecule has 0 aromatic carbocycles. The van der Waals surface area contributed by atoms with Crippen molar-refractivity contribution in [2.45, 2.75) is 53.5 Å². The summed E-state index contributed by atoms with van der Waals surface area (Å²) in [5, 5.41) is 0. The van der Waals surface area contributed by atoms with Gasteiger partial charge in [-0.3, -0.25) is 12.2 Å². The summed E-state index contributed by atoms with van der Waals surface area (Å²) < 4.78 is 0. The van der Waals surface area contributed by atoms with Gasteiger partial charge in [0, 0.05) is 10.2 Å². The van der Waals surface area contributed by atoms with Crippen LogP contribution in [0.4, 0.5) is 0 Å². The first-order chi connectivity index (χ1) is 8.02. The molecule has 20 heavy (non-hydrogen) atoms. The van der Waals surface area contributed by atoms with Gasteiger partial charge in [-0.2, -0.15) is 12.2 Å². The number of allylic oxidation sites excluding steroid dienone is 8. The van der Waals surface area contributed by atoms with E-state index in [9.17, 15) is 0 Å². The molecule has 4 heteroatoms. The molecule has 1 radical (unpaired) electrons. The first kappa shape index (κ1) is 28.8. The molecule has 2 aliphatic carbocycles. The van der Waals surface area contributed by atoms with Gasteiger partial charge >= 0.3 is 26.2 Å². The molecule has 0 spiro atoms. The average Bonchev–Trinajstić information content (AvgIpc) is 2.81. The van der Waals surface area contributed by atoms with Gasteiger partial charge in [-0.05, 0) is 0 Å². The Labute approximate surface area is 160 Å². The molecule has 0 aliphatic heterocycles. The van der Waals surface area contributed by atoms with Crippen molar-refractivity contribution in [1.82, 2.24) is 0 Å². The molecule has 0 aromatic heterocycles. The minimum Gasteiger partial charge on any atom is -0.270 e. The predicted molar refractivity (Wildman–Crippen MR) is 95.1 cm³/mol. The van der Waals surface area contributed by atoms with E-state index in [4.69, 9.17) is 0 Å². The van der Waals surface area contributed by atoms with Gasteiger partial charge in [0.15, 0.2) is 0 Å². The first-order valence-corrected chi connectivity index (χ1v) is 7.31. The van der Waals surface area contributed by atoms with E-state index in [1.807, 2.05) is 10.2 Å². The topological polar surface area (TPSA) is 0 Å². The van der Waals surface area contributed by atoms with E-state index in [1.54, 1.807) is 0 Å². The summed E-state index contributed by atoms with van der Waals surface area (Å²) in [4.78, 5) is 0. The Morgan fingerprint density at radius 3 is 1.20 bits per heavy atom. The third kappa shape index (κ3) is 13.6. The van der Waals surface area contributed by atoms with Gasteiger partial charge in [-0.25, -0.2) is 22.3 Å². The van der Waals surface area contributed by atoms with Crippen molar-refractivity contribution < 1.29 is 26.2 Å². The van der Waals surface area contributed by atoms with Crippen molar-refractivity contribution in [2.24, 2.45) is 0 Å². The normalized spacial score (nSPS) is 14.3. The van der Waals surface area contributed by atoms with Gasteiger partial charge in [-0.15, -0.1) is 51.5 Å². The molecule has 0 amide bonds. The summed E-state index contributed by atoms with van der Waals surface area (Å²) >= 11 is 0. The van der Waals surface area contributed by atoms with Crippen LogP contribution in [0.5, 0.6) is 0 Å². The fourth-order valence-electron chi connectivity index (χ4n) is 1.30. The van der Waals surface area contributed by atoms with E-state index >= 15 is 0 Å². The maximum Gasteiger partial charge on any atom is 2.00 e. The molecule has 113 valence electrons. The van der Waals surface area contributed by atoms with Crippen LogP contribution in [0.3, 0.4) is 0 Å². The fourth-order valence-corrected chi connectivity index (χ4v) is 1.30. The van der Waals surface area contributed by atoms with Crippen LogP contribution in [0.25, 0.3) is 0 Å². The molecular formula is C16H27Cl2SiZr. The van der Waals surface area contributed by atoms with E-state index < -0.39 is 0 Å². The molecule has 0 N–H and O–H groups in total. The van der Waals surface area contributed by atoms with Crippen LogP contribution in [0.1, 0.15) is 47.5 Å². The number of halogens is 2. The maximum absolute atomic E-state index is 3.19. The third-order valence-electron chi connectivity index (χ3n) is 2.73. The van der Waals surface area contributed by atoms with Gasteiger partial charge in [0.05, 0.1) is 0 Å². The van der Waals surface area contributed by atoms with E-state index in [1.165, 1.54) is 28.3 Å². The van der Waals surface area contributed by atoms with E-state index in [-0.39, 0.29) is 51.0 Å². The van der Waals surface area contributed by atoms with Crippen LogP contribution in [0.15, 0.2) is 34.4 Å². The van der Waals surface area contributed by atoms with Crippen molar-refractivity contribution in [1.29, 1.82) is 0 Å². The van der Waals surface area contributed by atoms with Crippen LogP contribution < -0.4 is 0 Å². The Bertz CT molecular complexity index is 289. The van der Waals surface area contributed by atoms with Crippen molar-refractivity contribution in [3.8, 4) is 0 Å². The standard InChI is InChI=1S/2C7H9.C2H7Si.2ClH.Zr/c2*1-6-4-3-5-7(6)2;1-2-3;;;/h2*4H,3H2,1-2H3;2-3H2,1H3;2*1H;/q2*-1;;;;+2. The predicted octanol–water partition coefficient (Wildman–Crippen LogP) is 5.07. The number of hydrogen-bond acceptors (Lipinski definition) is 0. The van der Waals surface area contributed by atoms with Gasteiger partial charge < -0.3 is 0 Å². The minimum atomic E-state index is 0. The molecule has 0 bridgehead atoms. The van der Waals surface area contributed by atoms with E-state index in [0.29, 0.717) is 0 Å². The Morgan fingerprint density at radius 1 is 0.900 bits per heavy atom. The molecule has 0 saturated heterocycles. The van der Waals surface area contributed by atoms with Gasteiger partial charge in [0.25, 0.3) is 0 Å². The molecule has 0 fully saturated rings. The van der Waals surface area contributed by atoms with E-state index in [0.717, 1.165) is 12.8 Å². The summed E-state index contributed by atoms with van der Waals surface area (Å²) in [5.74, 6) is 0. The summed E-state index contributed by atoms with van der Waals surface area (Å²) in [7, 11) is 1.97. The second kappa shape index (κ2) is 17.7. The molecule has 0 atom stereocenters. The van der Waals surface area contributed by atoms with Gasteiger partial charge in [0.2, 0.25) is 0 Å². The number of rotatable bonds is 0. The van der Waals surface area contributed by atoms with Gasteiger partial charge in [-0.1, -0.05) is 26.8 Å². The smallest absolute Gasteiger partial charge is 0.270 e. The Kier molecular flexibility index (Phi) is 25.4. The van der Waals surface area contributed by atoms with Crippen molar-refractivity contribution in [2.75, 3.05) is 0 Å². The third-order valence-corrected chi connectivity index (χ3v) is 2.73. The molecule has 0 aromatic rings. The largest absolute Gasteiger partial charge is 2.00 e. The summed E-state index contributed by atoms with van der Waals surface area (Å²) in [6, 6.07) is 1.28. The van der Waals surface area contributed by atoms with Crippen LogP contribution in [-0.2, 0) is 26.2 Å². The molecule has 0 unspecified atom stereocenters. The minimum absolute atomic E-state index is 0. The quantitative estimate of drug-likeness (QED) is 0.387. The molecule has 0 heterocycles. The van der Waals surface area contributed by atoms with Crippen LogP contribution in [0, 0.1) is 12.2 Å². The second-order valence-electron chi connectivity index (χ2n) is 4.29. The second-order valence-corrected chi connectivity index (χ2v) is 5.29. The van der Waals surface area contributed by atoms with Gasteiger partial charge in [0.1, 0.15) is 0 Å². The SMILES string of the molecule is CC1=[C-]CC=C1C.CC1=[C-]CC=C1C.CC[SiH2].Cl.Cl.[Zr+2]. The van der Waals surface area contributed by atoms with Crippen molar-refractivity contribution in [3.63, 3.8) is 0 Å². The first-order valence-electron chi connectivity index (χ1n) is 6.31. The zero-order valence-corrected chi connectivity index (χ0v) is 18.8. The van der Waals surface area contributed by atoms with E-state index in [2.05, 4.69) is 58.9 Å². The van der Waals surface area contributed by atoms with Crippen molar-refractivity contribution >= 4 is 35.1 Å². The fraction of sp³-hybridized carbons (Fsp3) is 0.500. The monoisotopic (exact) mass is 407 g/mol. The summed E-state index contributed by atoms with van der Waals surface area (Å²) in [5.41, 5.74) is 5.42. The van der Waals surface area contributed by atoms with Crippen LogP contribution in [-0.4, -0.2) is 10.2 Å². The molecular weight excluding hydrogens is 382 g/mol. The molecule has 0 saturated carbocycles. The Hall–Kier alpha value is 0.640. The zero-order chi connectivity index (χ0) is 13.3. The summed E-state index contributed by atoms with van der Waals surface area (Å²) in [6.45, 7) is 10.6. The molecule has 2 aliphatic rings. The van der Waals surface area contributed by atoms with Crippen molar-refractivity contribution in [3.05, 3.63) is 46.6 Å². The average molecular weight is 410 g/mol. The van der Waals surface area contributed by atoms with Crippen LogP contribution in [0.2, 0.25) is 6.04 Å². The summed E-state index contributed by atoms with van der Waals surface area (Å²) in [6.07, 6.45) is 12.8. The van der Waals surface area contributed by atoms with Crippen LogP contribution >= 0.6 is 24.8 Å².